The number of carbonyl (C=O) groups is 1. The Morgan fingerprint density at radius 3 is 2.92 bits per heavy atom. The van der Waals surface area contributed by atoms with E-state index >= 15 is 0 Å². The van der Waals surface area contributed by atoms with E-state index in [1.165, 1.54) is 6.33 Å². The molecule has 1 fully saturated rings. The van der Waals surface area contributed by atoms with Crippen molar-refractivity contribution in [3.8, 4) is 0 Å². The quantitative estimate of drug-likeness (QED) is 0.724. The van der Waals surface area contributed by atoms with Crippen LogP contribution >= 0.6 is 0 Å². The lowest BCUT2D eigenvalue weighted by molar-refractivity contribution is -0.124. The number of rotatable bonds is 5. The maximum absolute atomic E-state index is 11.7. The lowest BCUT2D eigenvalue weighted by atomic mass is 9.93. The van der Waals surface area contributed by atoms with Crippen molar-refractivity contribution in [2.75, 3.05) is 11.9 Å². The van der Waals surface area contributed by atoms with Crippen molar-refractivity contribution in [2.24, 2.45) is 5.92 Å². The van der Waals surface area contributed by atoms with Gasteiger partial charge in [0.25, 0.3) is 0 Å². The zero-order valence-corrected chi connectivity index (χ0v) is 14.6. The number of nitrogens with one attached hydrogen (secondary N) is 2. The fraction of sp³-hybridized carbons (Fsp3) is 0.389. The predicted molar refractivity (Wildman–Crippen MR) is 97.5 cm³/mol. The topological polar surface area (TPSA) is 97.6 Å². The van der Waals surface area contributed by atoms with Crippen LogP contribution in [0.4, 0.5) is 5.82 Å². The molecule has 3 aromatic rings. The second-order valence-corrected chi connectivity index (χ2v) is 6.78. The van der Waals surface area contributed by atoms with Gasteiger partial charge in [-0.2, -0.15) is 0 Å². The summed E-state index contributed by atoms with van der Waals surface area (Å²) in [5, 5.41) is 14.8. The normalized spacial score (nSPS) is 20.1. The smallest absolute Gasteiger partial charge is 0.220 e. The Hall–Kier alpha value is -3.03. The van der Waals surface area contributed by atoms with Crippen LogP contribution in [0.3, 0.4) is 0 Å². The molecular formula is C18H21N7O. The summed E-state index contributed by atoms with van der Waals surface area (Å²) in [4.78, 5) is 20.3. The van der Waals surface area contributed by atoms with Crippen LogP contribution in [0.2, 0.25) is 0 Å². The van der Waals surface area contributed by atoms with Crippen LogP contribution in [0, 0.1) is 5.92 Å². The Labute approximate surface area is 151 Å². The van der Waals surface area contributed by atoms with E-state index in [0.717, 1.165) is 12.0 Å². The van der Waals surface area contributed by atoms with Crippen LogP contribution in [-0.4, -0.2) is 43.5 Å². The first-order valence-electron chi connectivity index (χ1n) is 8.80. The third-order valence-corrected chi connectivity index (χ3v) is 4.60. The number of hydrogen-bond acceptors (Lipinski definition) is 6. The molecule has 8 heteroatoms. The Morgan fingerprint density at radius 1 is 1.27 bits per heavy atom. The highest BCUT2D eigenvalue weighted by molar-refractivity contribution is 5.82. The summed E-state index contributed by atoms with van der Waals surface area (Å²) in [6, 6.07) is 10.3. The van der Waals surface area contributed by atoms with Gasteiger partial charge < -0.3 is 10.6 Å². The number of fused-ring (bicyclic) bond motifs is 1. The molecule has 134 valence electrons. The predicted octanol–water partition coefficient (Wildman–Crippen LogP) is 1.60. The fourth-order valence-electron chi connectivity index (χ4n) is 3.42. The van der Waals surface area contributed by atoms with Crippen molar-refractivity contribution in [1.29, 1.82) is 0 Å². The third-order valence-electron chi connectivity index (χ3n) is 4.60. The SMILES string of the molecule is CC1CC(CNc2ncnc3c2nnn3Cc2ccccc2)CC(=O)N1. The van der Waals surface area contributed by atoms with Gasteiger partial charge in [-0.3, -0.25) is 4.79 Å². The van der Waals surface area contributed by atoms with E-state index in [2.05, 4.69) is 30.9 Å². The molecule has 3 heterocycles. The van der Waals surface area contributed by atoms with Crippen LogP contribution < -0.4 is 10.6 Å². The van der Waals surface area contributed by atoms with Gasteiger partial charge in [-0.05, 0) is 24.8 Å². The molecule has 26 heavy (non-hydrogen) atoms. The van der Waals surface area contributed by atoms with Crippen molar-refractivity contribution in [3.05, 3.63) is 42.2 Å². The molecule has 1 aliphatic rings. The van der Waals surface area contributed by atoms with Gasteiger partial charge >= 0.3 is 0 Å². The van der Waals surface area contributed by atoms with Gasteiger partial charge in [0.15, 0.2) is 17.0 Å². The molecule has 0 saturated carbocycles. The molecule has 1 amide bonds. The van der Waals surface area contributed by atoms with Gasteiger partial charge in [0.2, 0.25) is 5.91 Å². The molecule has 2 atom stereocenters. The van der Waals surface area contributed by atoms with E-state index in [1.54, 1.807) is 4.68 Å². The van der Waals surface area contributed by atoms with Gasteiger partial charge in [-0.15, -0.1) is 5.10 Å². The highest BCUT2D eigenvalue weighted by Crippen LogP contribution is 2.20. The molecule has 2 aromatic heterocycles. The second-order valence-electron chi connectivity index (χ2n) is 6.78. The minimum absolute atomic E-state index is 0.109. The van der Waals surface area contributed by atoms with Crippen molar-refractivity contribution in [3.63, 3.8) is 0 Å². The number of piperidine rings is 1. The standard InChI is InChI=1S/C18H21N7O/c1-12-7-14(8-15(26)22-12)9-19-17-16-18(21-11-20-17)25(24-23-16)10-13-5-3-2-4-6-13/h2-6,11-12,14H,7-10H2,1H3,(H,22,26)(H,19,20,21). The number of carbonyl (C=O) groups excluding carboxylic acids is 1. The first kappa shape index (κ1) is 16.4. The van der Waals surface area contributed by atoms with Gasteiger partial charge in [0.05, 0.1) is 6.54 Å². The number of nitrogens with zero attached hydrogens (tertiary/aromatic N) is 5. The zero-order valence-electron chi connectivity index (χ0n) is 14.6. The molecule has 0 spiro atoms. The molecule has 0 bridgehead atoms. The molecular weight excluding hydrogens is 330 g/mol. The Bertz CT molecular complexity index is 908. The van der Waals surface area contributed by atoms with E-state index in [1.807, 2.05) is 37.3 Å². The summed E-state index contributed by atoms with van der Waals surface area (Å²) in [6.45, 7) is 3.31. The van der Waals surface area contributed by atoms with Gasteiger partial charge in [0.1, 0.15) is 6.33 Å². The molecule has 2 N–H and O–H groups in total. The van der Waals surface area contributed by atoms with Crippen molar-refractivity contribution < 1.29 is 4.79 Å². The minimum Gasteiger partial charge on any atom is -0.368 e. The molecule has 1 aromatic carbocycles. The lowest BCUT2D eigenvalue weighted by Gasteiger charge is -2.27. The highest BCUT2D eigenvalue weighted by Gasteiger charge is 2.24. The van der Waals surface area contributed by atoms with Crippen LogP contribution in [0.15, 0.2) is 36.7 Å². The van der Waals surface area contributed by atoms with Gasteiger partial charge in [-0.25, -0.2) is 14.6 Å². The van der Waals surface area contributed by atoms with Gasteiger partial charge in [-0.1, -0.05) is 35.5 Å². The monoisotopic (exact) mass is 351 g/mol. The first-order chi connectivity index (χ1) is 12.7. The van der Waals surface area contributed by atoms with Gasteiger partial charge in [0, 0.05) is 19.0 Å². The number of benzene rings is 1. The Kier molecular flexibility index (Phi) is 4.47. The van der Waals surface area contributed by atoms with E-state index in [0.29, 0.717) is 36.5 Å². The molecule has 2 unspecified atom stereocenters. The van der Waals surface area contributed by atoms with E-state index in [4.69, 9.17) is 0 Å². The van der Waals surface area contributed by atoms with Crippen molar-refractivity contribution >= 4 is 22.9 Å². The first-order valence-corrected chi connectivity index (χ1v) is 8.80. The zero-order chi connectivity index (χ0) is 17.9. The van der Waals surface area contributed by atoms with E-state index in [9.17, 15) is 4.79 Å². The van der Waals surface area contributed by atoms with Crippen molar-refractivity contribution in [1.82, 2.24) is 30.3 Å². The summed E-state index contributed by atoms with van der Waals surface area (Å²) in [5.41, 5.74) is 2.48. The molecule has 8 nitrogen and oxygen atoms in total. The molecule has 1 aliphatic heterocycles. The number of anilines is 1. The maximum Gasteiger partial charge on any atom is 0.220 e. The summed E-state index contributed by atoms with van der Waals surface area (Å²) < 4.78 is 1.77. The summed E-state index contributed by atoms with van der Waals surface area (Å²) >= 11 is 0. The summed E-state index contributed by atoms with van der Waals surface area (Å²) in [5.74, 6) is 1.05. The molecule has 0 aliphatic carbocycles. The highest BCUT2D eigenvalue weighted by atomic mass is 16.1. The fourth-order valence-corrected chi connectivity index (χ4v) is 3.42. The minimum atomic E-state index is 0.109. The maximum atomic E-state index is 11.7. The van der Waals surface area contributed by atoms with Crippen LogP contribution in [0.5, 0.6) is 0 Å². The van der Waals surface area contributed by atoms with E-state index in [-0.39, 0.29) is 17.9 Å². The molecule has 4 rings (SSSR count). The van der Waals surface area contributed by atoms with Crippen LogP contribution in [0.1, 0.15) is 25.3 Å². The average Bonchev–Trinajstić information content (AvgIpc) is 3.04. The second kappa shape index (κ2) is 7.07. The average molecular weight is 351 g/mol. The number of amides is 1. The van der Waals surface area contributed by atoms with E-state index < -0.39 is 0 Å². The van der Waals surface area contributed by atoms with Crippen molar-refractivity contribution in [2.45, 2.75) is 32.4 Å². The Balaban J connectivity index is 1.50. The summed E-state index contributed by atoms with van der Waals surface area (Å²) in [6.07, 6.45) is 3.01. The molecule has 0 radical (unpaired) electrons. The largest absolute Gasteiger partial charge is 0.368 e. The van der Waals surface area contributed by atoms with Crippen LogP contribution in [0.25, 0.3) is 11.2 Å². The third kappa shape index (κ3) is 3.49. The molecule has 1 saturated heterocycles. The lowest BCUT2D eigenvalue weighted by Crippen LogP contribution is -2.42. The summed E-state index contributed by atoms with van der Waals surface area (Å²) in [7, 11) is 0. The number of aromatic nitrogens is 5. The van der Waals surface area contributed by atoms with Crippen LogP contribution in [-0.2, 0) is 11.3 Å². The Morgan fingerprint density at radius 2 is 2.12 bits per heavy atom. The number of hydrogen-bond donors (Lipinski definition) is 2.